The van der Waals surface area contributed by atoms with Crippen LogP contribution in [0.2, 0.25) is 5.02 Å². The molecule has 6 heteroatoms. The van der Waals surface area contributed by atoms with E-state index in [1.807, 2.05) is 36.4 Å². The highest BCUT2D eigenvalue weighted by atomic mass is 35.5. The molecule has 134 valence electrons. The van der Waals surface area contributed by atoms with Crippen molar-refractivity contribution in [1.82, 2.24) is 0 Å². The van der Waals surface area contributed by atoms with Gasteiger partial charge in [0.05, 0.1) is 12.0 Å². The zero-order valence-corrected chi connectivity index (χ0v) is 15.6. The molecule has 3 aromatic carbocycles. The first-order valence-corrected chi connectivity index (χ1v) is 9.19. The summed E-state index contributed by atoms with van der Waals surface area (Å²) >= 11 is 7.60. The van der Waals surface area contributed by atoms with Gasteiger partial charge < -0.3 is 9.84 Å². The molecule has 0 aromatic heterocycles. The topological polar surface area (TPSA) is 70.3 Å². The number of carboxylic acid groups (broad SMARTS) is 1. The van der Waals surface area contributed by atoms with Gasteiger partial charge in [0.25, 0.3) is 0 Å². The predicted molar refractivity (Wildman–Crippen MR) is 105 cm³/mol. The van der Waals surface area contributed by atoms with Gasteiger partial charge in [-0.2, -0.15) is 5.26 Å². The molecule has 3 rings (SSSR count). The van der Waals surface area contributed by atoms with Crippen molar-refractivity contribution in [3.8, 4) is 17.6 Å². The van der Waals surface area contributed by atoms with Crippen LogP contribution in [-0.2, 0) is 11.2 Å². The minimum absolute atomic E-state index is 0.158. The molecule has 0 unspecified atom stereocenters. The number of nitriles is 1. The monoisotopic (exact) mass is 395 g/mol. The number of benzene rings is 3. The van der Waals surface area contributed by atoms with Gasteiger partial charge in [0.1, 0.15) is 17.6 Å². The predicted octanol–water partition coefficient (Wildman–Crippen LogP) is 5.78. The first kappa shape index (κ1) is 18.8. The Labute approximate surface area is 166 Å². The molecule has 0 bridgehead atoms. The highest BCUT2D eigenvalue weighted by Crippen LogP contribution is 2.33. The van der Waals surface area contributed by atoms with Crippen LogP contribution >= 0.6 is 23.4 Å². The smallest absolute Gasteiger partial charge is 0.307 e. The third-order valence-corrected chi connectivity index (χ3v) is 4.78. The van der Waals surface area contributed by atoms with Crippen molar-refractivity contribution in [3.05, 3.63) is 82.9 Å². The highest BCUT2D eigenvalue weighted by Gasteiger charge is 2.10. The third-order valence-electron chi connectivity index (χ3n) is 3.56. The fraction of sp³-hybridized carbons (Fsp3) is 0.0476. The fourth-order valence-corrected chi connectivity index (χ4v) is 3.58. The maximum atomic E-state index is 10.9. The standard InChI is InChI=1S/C21H14ClNO3S/c22-16-8-14(10-21(24)25)9-17(12-16)26-20-7-6-19(11-15(20)13-23)27-18-4-2-1-3-5-18/h1-9,11-12H,10H2,(H,24,25). The van der Waals surface area contributed by atoms with Crippen molar-refractivity contribution in [1.29, 1.82) is 5.26 Å². The Hall–Kier alpha value is -2.94. The number of aliphatic carboxylic acids is 1. The van der Waals surface area contributed by atoms with Crippen molar-refractivity contribution >= 4 is 29.3 Å². The Morgan fingerprint density at radius 2 is 1.85 bits per heavy atom. The second-order valence-corrected chi connectivity index (χ2v) is 7.24. The zero-order valence-electron chi connectivity index (χ0n) is 14.1. The summed E-state index contributed by atoms with van der Waals surface area (Å²) in [6, 6.07) is 22.1. The first-order valence-electron chi connectivity index (χ1n) is 7.99. The number of halogens is 1. The van der Waals surface area contributed by atoms with Gasteiger partial charge in [0.2, 0.25) is 0 Å². The van der Waals surface area contributed by atoms with Crippen LogP contribution in [0.4, 0.5) is 0 Å². The third kappa shape index (κ3) is 5.27. The van der Waals surface area contributed by atoms with Gasteiger partial charge in [-0.15, -0.1) is 0 Å². The van der Waals surface area contributed by atoms with Crippen molar-refractivity contribution in [2.45, 2.75) is 16.2 Å². The Bertz CT molecular complexity index is 1020. The van der Waals surface area contributed by atoms with Crippen LogP contribution in [0, 0.1) is 11.3 Å². The number of carbonyl (C=O) groups is 1. The van der Waals surface area contributed by atoms with Gasteiger partial charge >= 0.3 is 5.97 Å². The summed E-state index contributed by atoms with van der Waals surface area (Å²) in [6.45, 7) is 0. The molecule has 0 aliphatic rings. The van der Waals surface area contributed by atoms with Crippen LogP contribution in [0.3, 0.4) is 0 Å². The Morgan fingerprint density at radius 3 is 2.56 bits per heavy atom. The highest BCUT2D eigenvalue weighted by molar-refractivity contribution is 7.99. The fourth-order valence-electron chi connectivity index (χ4n) is 2.46. The zero-order chi connectivity index (χ0) is 19.2. The number of ether oxygens (including phenoxy) is 1. The summed E-state index contributed by atoms with van der Waals surface area (Å²) in [7, 11) is 0. The van der Waals surface area contributed by atoms with Crippen LogP contribution in [0.1, 0.15) is 11.1 Å². The molecule has 0 radical (unpaired) electrons. The molecule has 0 aliphatic heterocycles. The van der Waals surface area contributed by atoms with Gasteiger partial charge in [0.15, 0.2) is 0 Å². The molecular weight excluding hydrogens is 382 g/mol. The molecule has 1 N–H and O–H groups in total. The summed E-state index contributed by atoms with van der Waals surface area (Å²) in [5, 5.41) is 18.8. The molecule has 0 heterocycles. The molecule has 3 aromatic rings. The van der Waals surface area contributed by atoms with E-state index in [-0.39, 0.29) is 6.42 Å². The maximum absolute atomic E-state index is 10.9. The van der Waals surface area contributed by atoms with E-state index < -0.39 is 5.97 Å². The van der Waals surface area contributed by atoms with Crippen LogP contribution in [-0.4, -0.2) is 11.1 Å². The van der Waals surface area contributed by atoms with Crippen molar-refractivity contribution < 1.29 is 14.6 Å². The molecule has 0 aliphatic carbocycles. The van der Waals surface area contributed by atoms with E-state index in [0.717, 1.165) is 9.79 Å². The van der Waals surface area contributed by atoms with Gasteiger partial charge in [0, 0.05) is 14.8 Å². The van der Waals surface area contributed by atoms with Crippen LogP contribution in [0.15, 0.2) is 76.5 Å². The largest absolute Gasteiger partial charge is 0.481 e. The lowest BCUT2D eigenvalue weighted by Crippen LogP contribution is -2.00. The molecule has 27 heavy (non-hydrogen) atoms. The molecular formula is C21H14ClNO3S. The molecule has 0 amide bonds. The quantitative estimate of drug-likeness (QED) is 0.572. The van der Waals surface area contributed by atoms with Gasteiger partial charge in [-0.1, -0.05) is 41.6 Å². The average molecular weight is 396 g/mol. The van der Waals surface area contributed by atoms with Crippen LogP contribution in [0.5, 0.6) is 11.5 Å². The average Bonchev–Trinajstić information content (AvgIpc) is 2.63. The lowest BCUT2D eigenvalue weighted by Gasteiger charge is -2.11. The molecule has 0 atom stereocenters. The van der Waals surface area contributed by atoms with E-state index in [2.05, 4.69) is 6.07 Å². The number of hydrogen-bond acceptors (Lipinski definition) is 4. The van der Waals surface area contributed by atoms with Gasteiger partial charge in [-0.05, 0) is 54.1 Å². The van der Waals surface area contributed by atoms with E-state index in [0.29, 0.717) is 27.6 Å². The SMILES string of the molecule is N#Cc1cc(Sc2ccccc2)ccc1Oc1cc(Cl)cc(CC(=O)O)c1. The minimum Gasteiger partial charge on any atom is -0.481 e. The van der Waals surface area contributed by atoms with E-state index in [1.165, 1.54) is 0 Å². The number of rotatable bonds is 6. The van der Waals surface area contributed by atoms with E-state index >= 15 is 0 Å². The summed E-state index contributed by atoms with van der Waals surface area (Å²) < 4.78 is 5.80. The molecule has 0 saturated carbocycles. The molecule has 0 saturated heterocycles. The van der Waals surface area contributed by atoms with E-state index in [4.69, 9.17) is 21.4 Å². The second kappa shape index (κ2) is 8.63. The maximum Gasteiger partial charge on any atom is 0.307 e. The minimum atomic E-state index is -0.955. The van der Waals surface area contributed by atoms with Crippen LogP contribution < -0.4 is 4.74 Å². The molecule has 0 spiro atoms. The number of carboxylic acids is 1. The summed E-state index contributed by atoms with van der Waals surface area (Å²) in [6.07, 6.45) is -0.158. The van der Waals surface area contributed by atoms with E-state index in [1.54, 1.807) is 42.1 Å². The Kier molecular flexibility index (Phi) is 6.02. The number of nitrogens with zero attached hydrogens (tertiary/aromatic N) is 1. The van der Waals surface area contributed by atoms with Crippen molar-refractivity contribution in [2.24, 2.45) is 0 Å². The van der Waals surface area contributed by atoms with Crippen molar-refractivity contribution in [2.75, 3.05) is 0 Å². The first-order chi connectivity index (χ1) is 13.0. The lowest BCUT2D eigenvalue weighted by atomic mass is 10.1. The van der Waals surface area contributed by atoms with E-state index in [9.17, 15) is 10.1 Å². The number of hydrogen-bond donors (Lipinski definition) is 1. The lowest BCUT2D eigenvalue weighted by molar-refractivity contribution is -0.136. The summed E-state index contributed by atoms with van der Waals surface area (Å²) in [5.74, 6) is -0.180. The van der Waals surface area contributed by atoms with Gasteiger partial charge in [-0.25, -0.2) is 0 Å². The summed E-state index contributed by atoms with van der Waals surface area (Å²) in [5.41, 5.74) is 0.912. The van der Waals surface area contributed by atoms with Crippen molar-refractivity contribution in [3.63, 3.8) is 0 Å². The second-order valence-electron chi connectivity index (χ2n) is 5.65. The summed E-state index contributed by atoms with van der Waals surface area (Å²) in [4.78, 5) is 12.9. The van der Waals surface area contributed by atoms with Gasteiger partial charge in [-0.3, -0.25) is 4.79 Å². The molecule has 4 nitrogen and oxygen atoms in total. The molecule has 0 fully saturated rings. The normalized spacial score (nSPS) is 10.2. The Balaban J connectivity index is 1.84. The Morgan fingerprint density at radius 1 is 1.07 bits per heavy atom. The van der Waals surface area contributed by atoms with Crippen LogP contribution in [0.25, 0.3) is 0 Å².